The minimum absolute atomic E-state index is 0.229. The highest BCUT2D eigenvalue weighted by Crippen LogP contribution is 2.17. The number of benzene rings is 3. The molecule has 0 unspecified atom stereocenters. The normalized spacial score (nSPS) is 10.6. The van der Waals surface area contributed by atoms with Gasteiger partial charge in [-0.3, -0.25) is 4.79 Å². The van der Waals surface area contributed by atoms with Gasteiger partial charge in [-0.05, 0) is 41.5 Å². The van der Waals surface area contributed by atoms with Crippen molar-refractivity contribution in [2.75, 3.05) is 11.1 Å². The summed E-state index contributed by atoms with van der Waals surface area (Å²) in [6.45, 7) is 0.525. The summed E-state index contributed by atoms with van der Waals surface area (Å²) in [6, 6.07) is 24.7. The second kappa shape index (κ2) is 8.53. The number of carbonyl (C=O) groups excluding carboxylic acids is 1. The van der Waals surface area contributed by atoms with Crippen molar-refractivity contribution in [3.63, 3.8) is 0 Å². The summed E-state index contributed by atoms with van der Waals surface area (Å²) >= 11 is 0. The largest absolute Gasteiger partial charge is 0.489 e. The predicted molar refractivity (Wildman–Crippen MR) is 106 cm³/mol. The van der Waals surface area contributed by atoms with Crippen LogP contribution in [-0.4, -0.2) is 5.91 Å². The molecule has 3 rings (SSSR count). The molecule has 0 saturated heterocycles. The lowest BCUT2D eigenvalue weighted by atomic mass is 10.2. The van der Waals surface area contributed by atoms with Crippen molar-refractivity contribution in [1.29, 1.82) is 0 Å². The Labute approximate surface area is 152 Å². The van der Waals surface area contributed by atoms with E-state index in [0.29, 0.717) is 18.0 Å². The molecule has 0 heterocycles. The topological polar surface area (TPSA) is 64.3 Å². The van der Waals surface area contributed by atoms with E-state index in [-0.39, 0.29) is 5.91 Å². The Morgan fingerprint density at radius 1 is 0.923 bits per heavy atom. The first kappa shape index (κ1) is 17.3. The number of nitrogens with two attached hydrogens (primary N) is 1. The Hall–Kier alpha value is -3.53. The molecule has 4 heteroatoms. The molecule has 0 aliphatic rings. The Balaban J connectivity index is 1.54. The Morgan fingerprint density at radius 3 is 2.35 bits per heavy atom. The fourth-order valence-corrected chi connectivity index (χ4v) is 2.37. The van der Waals surface area contributed by atoms with Gasteiger partial charge in [0.15, 0.2) is 0 Å². The summed E-state index contributed by atoms with van der Waals surface area (Å²) in [4.78, 5) is 12.0. The fraction of sp³-hybridized carbons (Fsp3) is 0.0455. The van der Waals surface area contributed by atoms with Crippen LogP contribution in [-0.2, 0) is 11.4 Å². The minimum atomic E-state index is -0.229. The smallest absolute Gasteiger partial charge is 0.248 e. The summed E-state index contributed by atoms with van der Waals surface area (Å²) in [7, 11) is 0. The molecule has 1 amide bonds. The molecular formula is C22H20N2O2. The van der Waals surface area contributed by atoms with Crippen molar-refractivity contribution in [2.45, 2.75) is 6.61 Å². The third kappa shape index (κ3) is 4.98. The van der Waals surface area contributed by atoms with Crippen LogP contribution in [0.3, 0.4) is 0 Å². The van der Waals surface area contributed by atoms with E-state index >= 15 is 0 Å². The first-order chi connectivity index (χ1) is 12.7. The quantitative estimate of drug-likeness (QED) is 0.511. The number of rotatable bonds is 6. The molecular weight excluding hydrogens is 324 g/mol. The van der Waals surface area contributed by atoms with Gasteiger partial charge in [0.05, 0.1) is 11.4 Å². The molecule has 3 N–H and O–H groups in total. The van der Waals surface area contributed by atoms with Gasteiger partial charge in [-0.15, -0.1) is 0 Å². The Morgan fingerprint density at radius 2 is 1.62 bits per heavy atom. The van der Waals surface area contributed by atoms with Crippen LogP contribution in [0.5, 0.6) is 5.75 Å². The molecule has 26 heavy (non-hydrogen) atoms. The lowest BCUT2D eigenvalue weighted by Crippen LogP contribution is -2.09. The molecule has 0 radical (unpaired) electrons. The molecule has 0 atom stereocenters. The zero-order valence-electron chi connectivity index (χ0n) is 14.3. The van der Waals surface area contributed by atoms with E-state index in [2.05, 4.69) is 5.32 Å². The van der Waals surface area contributed by atoms with Gasteiger partial charge >= 0.3 is 0 Å². The highest BCUT2D eigenvalue weighted by Gasteiger charge is 2.01. The van der Waals surface area contributed by atoms with Crippen molar-refractivity contribution in [3.8, 4) is 5.75 Å². The van der Waals surface area contributed by atoms with Crippen molar-refractivity contribution in [1.82, 2.24) is 0 Å². The molecule has 3 aromatic rings. The van der Waals surface area contributed by atoms with Crippen molar-refractivity contribution >= 4 is 23.4 Å². The average molecular weight is 344 g/mol. The number of nitrogen functional groups attached to an aromatic ring is 1. The monoisotopic (exact) mass is 344 g/mol. The SMILES string of the molecule is Nc1ccccc1NC(=O)/C=C/c1ccc(OCc2ccccc2)cc1. The van der Waals surface area contributed by atoms with E-state index in [4.69, 9.17) is 10.5 Å². The van der Waals surface area contributed by atoms with Gasteiger partial charge in [0, 0.05) is 6.08 Å². The van der Waals surface area contributed by atoms with Gasteiger partial charge in [-0.1, -0.05) is 54.6 Å². The molecule has 0 fully saturated rings. The predicted octanol–water partition coefficient (Wildman–Crippen LogP) is 4.50. The van der Waals surface area contributed by atoms with E-state index in [0.717, 1.165) is 16.9 Å². The van der Waals surface area contributed by atoms with Gasteiger partial charge in [-0.25, -0.2) is 0 Å². The summed E-state index contributed by atoms with van der Waals surface area (Å²) in [5.74, 6) is 0.555. The first-order valence-corrected chi connectivity index (χ1v) is 8.31. The number of hydrogen-bond donors (Lipinski definition) is 2. The third-order valence-corrected chi connectivity index (χ3v) is 3.77. The molecule has 130 valence electrons. The maximum absolute atomic E-state index is 12.0. The summed E-state index contributed by atoms with van der Waals surface area (Å²) in [5.41, 5.74) is 8.98. The highest BCUT2D eigenvalue weighted by atomic mass is 16.5. The second-order valence-electron chi connectivity index (χ2n) is 5.75. The van der Waals surface area contributed by atoms with E-state index in [9.17, 15) is 4.79 Å². The van der Waals surface area contributed by atoms with Gasteiger partial charge in [0.1, 0.15) is 12.4 Å². The number of carbonyl (C=O) groups is 1. The highest BCUT2D eigenvalue weighted by molar-refractivity contribution is 6.03. The maximum Gasteiger partial charge on any atom is 0.248 e. The van der Waals surface area contributed by atoms with Crippen LogP contribution in [0.1, 0.15) is 11.1 Å². The second-order valence-corrected chi connectivity index (χ2v) is 5.75. The van der Waals surface area contributed by atoms with E-state index in [1.807, 2.05) is 66.7 Å². The number of ether oxygens (including phenoxy) is 1. The van der Waals surface area contributed by atoms with Crippen LogP contribution in [0.4, 0.5) is 11.4 Å². The Bertz CT molecular complexity index is 888. The van der Waals surface area contributed by atoms with Gasteiger partial charge in [0.2, 0.25) is 5.91 Å². The molecule has 3 aromatic carbocycles. The average Bonchev–Trinajstić information content (AvgIpc) is 2.68. The van der Waals surface area contributed by atoms with Crippen molar-refractivity contribution < 1.29 is 9.53 Å². The van der Waals surface area contributed by atoms with Crippen LogP contribution < -0.4 is 15.8 Å². The standard InChI is InChI=1S/C22H20N2O2/c23-20-8-4-5-9-21(20)24-22(25)15-12-17-10-13-19(14-11-17)26-16-18-6-2-1-3-7-18/h1-15H,16,23H2,(H,24,25)/b15-12+. The van der Waals surface area contributed by atoms with Crippen LogP contribution in [0.15, 0.2) is 84.9 Å². The minimum Gasteiger partial charge on any atom is -0.489 e. The summed E-state index contributed by atoms with van der Waals surface area (Å²) in [6.07, 6.45) is 3.22. The summed E-state index contributed by atoms with van der Waals surface area (Å²) in [5, 5.41) is 2.75. The van der Waals surface area contributed by atoms with Gasteiger partial charge < -0.3 is 15.8 Å². The zero-order chi connectivity index (χ0) is 18.2. The Kier molecular flexibility index (Phi) is 5.68. The van der Waals surface area contributed by atoms with Crippen molar-refractivity contribution in [2.24, 2.45) is 0 Å². The molecule has 0 aliphatic carbocycles. The molecule has 0 spiro atoms. The van der Waals surface area contributed by atoms with Crippen molar-refractivity contribution in [3.05, 3.63) is 96.1 Å². The number of anilines is 2. The zero-order valence-corrected chi connectivity index (χ0v) is 14.3. The van der Waals surface area contributed by atoms with Crippen LogP contribution in [0.25, 0.3) is 6.08 Å². The third-order valence-electron chi connectivity index (χ3n) is 3.77. The number of amides is 1. The molecule has 0 aliphatic heterocycles. The molecule has 0 bridgehead atoms. The number of hydrogen-bond acceptors (Lipinski definition) is 3. The van der Waals surface area contributed by atoms with Gasteiger partial charge in [0.25, 0.3) is 0 Å². The van der Waals surface area contributed by atoms with E-state index in [1.165, 1.54) is 6.08 Å². The molecule has 4 nitrogen and oxygen atoms in total. The van der Waals surface area contributed by atoms with E-state index < -0.39 is 0 Å². The lowest BCUT2D eigenvalue weighted by molar-refractivity contribution is -0.111. The van der Waals surface area contributed by atoms with Crippen LogP contribution >= 0.6 is 0 Å². The molecule has 0 saturated carbocycles. The fourth-order valence-electron chi connectivity index (χ4n) is 2.37. The van der Waals surface area contributed by atoms with Crippen LogP contribution in [0, 0.1) is 0 Å². The summed E-state index contributed by atoms with van der Waals surface area (Å²) < 4.78 is 5.75. The maximum atomic E-state index is 12.0. The number of para-hydroxylation sites is 2. The molecule has 0 aromatic heterocycles. The lowest BCUT2D eigenvalue weighted by Gasteiger charge is -2.06. The van der Waals surface area contributed by atoms with Gasteiger partial charge in [-0.2, -0.15) is 0 Å². The van der Waals surface area contributed by atoms with E-state index in [1.54, 1.807) is 18.2 Å². The number of nitrogens with one attached hydrogen (secondary N) is 1. The first-order valence-electron chi connectivity index (χ1n) is 8.31. The van der Waals surface area contributed by atoms with Crippen LogP contribution in [0.2, 0.25) is 0 Å².